The molecule has 8 heteroatoms. The van der Waals surface area contributed by atoms with Crippen LogP contribution in [0.3, 0.4) is 0 Å². The van der Waals surface area contributed by atoms with Gasteiger partial charge in [0.15, 0.2) is 0 Å². The molecule has 0 aliphatic rings. The summed E-state index contributed by atoms with van der Waals surface area (Å²) in [7, 11) is 0. The summed E-state index contributed by atoms with van der Waals surface area (Å²) in [5, 5.41) is 24.5. The predicted octanol–water partition coefficient (Wildman–Crippen LogP) is -1.74. The molecule has 6 nitrogen and oxygen atoms in total. The van der Waals surface area contributed by atoms with E-state index in [0.717, 1.165) is 0 Å². The molecule has 0 aliphatic carbocycles. The Hall–Kier alpha value is 0.150. The van der Waals surface area contributed by atoms with E-state index in [0.29, 0.717) is 6.08 Å². The SMILES string of the molecule is O=C(O)C=C(CC(=O)O)C(=O)O.[NaH].[NaH]. The number of hydrogen-bond acceptors (Lipinski definition) is 3. The minimum absolute atomic E-state index is 0. The van der Waals surface area contributed by atoms with Gasteiger partial charge >= 0.3 is 77.0 Å². The van der Waals surface area contributed by atoms with Crippen molar-refractivity contribution < 1.29 is 29.7 Å². The third kappa shape index (κ3) is 10.2. The van der Waals surface area contributed by atoms with Crippen molar-refractivity contribution in [3.8, 4) is 0 Å². The Labute approximate surface area is 124 Å². The van der Waals surface area contributed by atoms with Crippen molar-refractivity contribution in [1.29, 1.82) is 0 Å². The van der Waals surface area contributed by atoms with Crippen molar-refractivity contribution in [3.05, 3.63) is 11.6 Å². The summed E-state index contributed by atoms with van der Waals surface area (Å²) in [5.41, 5.74) is -0.657. The molecule has 0 bridgehead atoms. The Morgan fingerprint density at radius 3 is 1.64 bits per heavy atom. The Morgan fingerprint density at radius 1 is 1.00 bits per heavy atom. The van der Waals surface area contributed by atoms with Crippen LogP contribution in [0.1, 0.15) is 6.42 Å². The Kier molecular flexibility index (Phi) is 13.6. The molecule has 0 aromatic heterocycles. The fourth-order valence-corrected chi connectivity index (χ4v) is 0.500. The van der Waals surface area contributed by atoms with E-state index >= 15 is 0 Å². The van der Waals surface area contributed by atoms with Gasteiger partial charge in [-0.05, 0) is 0 Å². The monoisotopic (exact) mass is 222 g/mol. The van der Waals surface area contributed by atoms with Crippen molar-refractivity contribution >= 4 is 77.0 Å². The first kappa shape index (κ1) is 19.7. The summed E-state index contributed by atoms with van der Waals surface area (Å²) >= 11 is 0. The number of hydrogen-bond donors (Lipinski definition) is 3. The molecular formula is C6H8Na2O6. The molecule has 0 rings (SSSR count). The Balaban J connectivity index is -0.000000605. The van der Waals surface area contributed by atoms with E-state index < -0.39 is 29.9 Å². The summed E-state index contributed by atoms with van der Waals surface area (Å²) in [4.78, 5) is 30.1. The molecule has 70 valence electrons. The molecule has 0 atom stereocenters. The third-order valence-corrected chi connectivity index (χ3v) is 0.914. The van der Waals surface area contributed by atoms with Crippen molar-refractivity contribution in [2.24, 2.45) is 0 Å². The van der Waals surface area contributed by atoms with Gasteiger partial charge in [-0.15, -0.1) is 0 Å². The van der Waals surface area contributed by atoms with Gasteiger partial charge < -0.3 is 15.3 Å². The number of rotatable bonds is 4. The molecule has 0 saturated heterocycles. The van der Waals surface area contributed by atoms with Crippen molar-refractivity contribution in [2.45, 2.75) is 6.42 Å². The second-order valence-electron chi connectivity index (χ2n) is 1.88. The van der Waals surface area contributed by atoms with Crippen LogP contribution in [0.25, 0.3) is 0 Å². The summed E-state index contributed by atoms with van der Waals surface area (Å²) in [6.07, 6.45) is -0.446. The molecule has 0 saturated carbocycles. The first-order valence-corrected chi connectivity index (χ1v) is 2.82. The van der Waals surface area contributed by atoms with Crippen LogP contribution in [0.4, 0.5) is 0 Å². The Bertz CT molecular complexity index is 259. The van der Waals surface area contributed by atoms with Gasteiger partial charge in [0.05, 0.1) is 12.0 Å². The van der Waals surface area contributed by atoms with Gasteiger partial charge in [0.2, 0.25) is 0 Å². The van der Waals surface area contributed by atoms with E-state index in [1.54, 1.807) is 0 Å². The molecule has 0 amide bonds. The number of carboxylic acid groups (broad SMARTS) is 3. The quantitative estimate of drug-likeness (QED) is 0.384. The number of aliphatic carboxylic acids is 3. The zero-order valence-corrected chi connectivity index (χ0v) is 5.85. The van der Waals surface area contributed by atoms with Crippen LogP contribution in [0.2, 0.25) is 0 Å². The van der Waals surface area contributed by atoms with E-state index in [1.165, 1.54) is 0 Å². The van der Waals surface area contributed by atoms with Crippen LogP contribution < -0.4 is 0 Å². The molecule has 0 aromatic carbocycles. The standard InChI is InChI=1S/C6H6O6.2Na.2H/c7-4(8)1-3(6(11)12)2-5(9)10;;;;/h1H,2H2,(H,7,8)(H,9,10)(H,11,12);;;;. The number of carbonyl (C=O) groups is 3. The first-order valence-electron chi connectivity index (χ1n) is 2.82. The molecule has 0 aromatic rings. The van der Waals surface area contributed by atoms with E-state index in [1.807, 2.05) is 0 Å². The third-order valence-electron chi connectivity index (χ3n) is 0.914. The van der Waals surface area contributed by atoms with Crippen molar-refractivity contribution in [1.82, 2.24) is 0 Å². The maximum atomic E-state index is 10.2. The average Bonchev–Trinajstić information content (AvgIpc) is 1.83. The van der Waals surface area contributed by atoms with Crippen LogP contribution in [-0.2, 0) is 14.4 Å². The van der Waals surface area contributed by atoms with Gasteiger partial charge in [0.25, 0.3) is 0 Å². The van der Waals surface area contributed by atoms with Gasteiger partial charge in [-0.3, -0.25) is 4.79 Å². The minimum atomic E-state index is -1.54. The fraction of sp³-hybridized carbons (Fsp3) is 0.167. The zero-order chi connectivity index (χ0) is 9.72. The fourth-order valence-electron chi connectivity index (χ4n) is 0.500. The topological polar surface area (TPSA) is 112 Å². The summed E-state index contributed by atoms with van der Waals surface area (Å²) in [6.45, 7) is 0. The van der Waals surface area contributed by atoms with Gasteiger partial charge in [-0.1, -0.05) is 0 Å². The van der Waals surface area contributed by atoms with Gasteiger partial charge in [0.1, 0.15) is 0 Å². The predicted molar refractivity (Wildman–Crippen MR) is 49.9 cm³/mol. The average molecular weight is 222 g/mol. The molecule has 0 aliphatic heterocycles. The Morgan fingerprint density at radius 2 is 1.43 bits per heavy atom. The second-order valence-corrected chi connectivity index (χ2v) is 1.88. The van der Waals surface area contributed by atoms with Gasteiger partial charge in [0, 0.05) is 6.08 Å². The van der Waals surface area contributed by atoms with E-state index in [4.69, 9.17) is 15.3 Å². The number of carboxylic acids is 3. The molecule has 14 heavy (non-hydrogen) atoms. The van der Waals surface area contributed by atoms with E-state index in [2.05, 4.69) is 0 Å². The summed E-state index contributed by atoms with van der Waals surface area (Å²) in [5.74, 6) is -4.40. The molecular weight excluding hydrogens is 214 g/mol. The van der Waals surface area contributed by atoms with Crippen LogP contribution in [0.15, 0.2) is 11.6 Å². The molecule has 0 fully saturated rings. The summed E-state index contributed by atoms with van der Waals surface area (Å²) < 4.78 is 0. The van der Waals surface area contributed by atoms with Gasteiger partial charge in [-0.2, -0.15) is 0 Å². The van der Waals surface area contributed by atoms with Crippen molar-refractivity contribution in [3.63, 3.8) is 0 Å². The van der Waals surface area contributed by atoms with Crippen molar-refractivity contribution in [2.75, 3.05) is 0 Å². The molecule has 0 radical (unpaired) electrons. The zero-order valence-electron chi connectivity index (χ0n) is 5.85. The molecule has 0 heterocycles. The van der Waals surface area contributed by atoms with Gasteiger partial charge in [-0.25, -0.2) is 9.59 Å². The molecule has 0 spiro atoms. The van der Waals surface area contributed by atoms with Crippen LogP contribution in [0, 0.1) is 0 Å². The second kappa shape index (κ2) is 9.70. The summed E-state index contributed by atoms with van der Waals surface area (Å²) in [6, 6.07) is 0. The molecule has 3 N–H and O–H groups in total. The van der Waals surface area contributed by atoms with Crippen LogP contribution in [0.5, 0.6) is 0 Å². The van der Waals surface area contributed by atoms with E-state index in [-0.39, 0.29) is 59.1 Å². The van der Waals surface area contributed by atoms with Crippen LogP contribution >= 0.6 is 0 Å². The van der Waals surface area contributed by atoms with E-state index in [9.17, 15) is 14.4 Å². The van der Waals surface area contributed by atoms with Crippen LogP contribution in [-0.4, -0.2) is 92.3 Å². The normalized spacial score (nSPS) is 9.29. The first-order chi connectivity index (χ1) is 5.43. The molecule has 0 unspecified atom stereocenters. The maximum absolute atomic E-state index is 10.2.